The first-order valence-electron chi connectivity index (χ1n) is 10.1. The van der Waals surface area contributed by atoms with Crippen molar-refractivity contribution >= 4 is 27.2 Å². The minimum absolute atomic E-state index is 0.0101. The fourth-order valence-corrected chi connectivity index (χ4v) is 5.31. The van der Waals surface area contributed by atoms with Gasteiger partial charge in [-0.15, -0.1) is 0 Å². The van der Waals surface area contributed by atoms with Gasteiger partial charge in [0.2, 0.25) is 11.7 Å². The molecule has 3 aromatic rings. The standard InChI is InChI=1S/C23H22ClF3N2O4S/c1-5-29-22(33-12-15-7-6-8-16(10-15)23(25,26)27)18(11-28-29)20(30)17-9-13(2)21(34(4,31)32)14(3)19(17)24/h6-11H,5,12H2,1-4H3. The normalized spacial score (nSPS) is 12.1. The molecule has 0 radical (unpaired) electrons. The van der Waals surface area contributed by atoms with Gasteiger partial charge in [-0.1, -0.05) is 23.7 Å². The van der Waals surface area contributed by atoms with Crippen LogP contribution in [0.15, 0.2) is 41.4 Å². The molecule has 11 heteroatoms. The van der Waals surface area contributed by atoms with Gasteiger partial charge in [-0.25, -0.2) is 13.1 Å². The molecule has 2 aromatic carbocycles. The summed E-state index contributed by atoms with van der Waals surface area (Å²) in [6.07, 6.45) is -2.14. The summed E-state index contributed by atoms with van der Waals surface area (Å²) in [5.74, 6) is -0.474. The van der Waals surface area contributed by atoms with E-state index in [-0.39, 0.29) is 44.7 Å². The van der Waals surface area contributed by atoms with Gasteiger partial charge in [-0.05, 0) is 55.7 Å². The summed E-state index contributed by atoms with van der Waals surface area (Å²) in [5, 5.41) is 4.12. The zero-order valence-corrected chi connectivity index (χ0v) is 20.4. The lowest BCUT2D eigenvalue weighted by molar-refractivity contribution is -0.137. The molecule has 182 valence electrons. The van der Waals surface area contributed by atoms with Gasteiger partial charge in [0.25, 0.3) is 0 Å². The highest BCUT2D eigenvalue weighted by Crippen LogP contribution is 2.34. The molecule has 0 bridgehead atoms. The Balaban J connectivity index is 1.99. The van der Waals surface area contributed by atoms with Crippen molar-refractivity contribution in [2.45, 2.75) is 45.0 Å². The van der Waals surface area contributed by atoms with Crippen LogP contribution < -0.4 is 4.74 Å². The number of ether oxygens (including phenoxy) is 1. The van der Waals surface area contributed by atoms with Gasteiger partial charge < -0.3 is 4.74 Å². The van der Waals surface area contributed by atoms with Crippen LogP contribution in [0.25, 0.3) is 0 Å². The number of benzene rings is 2. The summed E-state index contributed by atoms with van der Waals surface area (Å²) in [5.41, 5.74) is 0.200. The van der Waals surface area contributed by atoms with E-state index in [0.717, 1.165) is 18.4 Å². The molecular weight excluding hydrogens is 493 g/mol. The molecule has 0 N–H and O–H groups in total. The number of aromatic nitrogens is 2. The number of rotatable bonds is 7. The maximum Gasteiger partial charge on any atom is 0.416 e. The van der Waals surface area contributed by atoms with Gasteiger partial charge >= 0.3 is 6.18 Å². The molecular formula is C23H22ClF3N2O4S. The zero-order chi connectivity index (χ0) is 25.4. The molecule has 6 nitrogen and oxygen atoms in total. The minimum atomic E-state index is -4.49. The quantitative estimate of drug-likeness (QED) is 0.394. The van der Waals surface area contributed by atoms with Crippen LogP contribution in [0, 0.1) is 13.8 Å². The highest BCUT2D eigenvalue weighted by Gasteiger charge is 2.31. The molecule has 0 amide bonds. The Morgan fingerprint density at radius 2 is 1.85 bits per heavy atom. The molecule has 34 heavy (non-hydrogen) atoms. The molecule has 3 rings (SSSR count). The number of alkyl halides is 3. The molecule has 0 aliphatic carbocycles. The van der Waals surface area contributed by atoms with E-state index in [2.05, 4.69) is 5.10 Å². The zero-order valence-electron chi connectivity index (χ0n) is 18.8. The highest BCUT2D eigenvalue weighted by atomic mass is 35.5. The molecule has 0 fully saturated rings. The second-order valence-electron chi connectivity index (χ2n) is 7.78. The number of carbonyl (C=O) groups is 1. The van der Waals surface area contributed by atoms with Crippen LogP contribution in [0.4, 0.5) is 13.2 Å². The van der Waals surface area contributed by atoms with Crippen molar-refractivity contribution in [2.24, 2.45) is 0 Å². The van der Waals surface area contributed by atoms with E-state index in [1.165, 1.54) is 36.0 Å². The maximum atomic E-state index is 13.4. The topological polar surface area (TPSA) is 78.3 Å². The van der Waals surface area contributed by atoms with Crippen LogP contribution in [0.5, 0.6) is 5.88 Å². The van der Waals surface area contributed by atoms with Crippen LogP contribution in [-0.2, 0) is 29.2 Å². The van der Waals surface area contributed by atoms with Crippen molar-refractivity contribution in [1.29, 1.82) is 0 Å². The van der Waals surface area contributed by atoms with Gasteiger partial charge in [-0.2, -0.15) is 18.3 Å². The van der Waals surface area contributed by atoms with Crippen molar-refractivity contribution < 1.29 is 31.1 Å². The fourth-order valence-electron chi connectivity index (χ4n) is 3.72. The largest absolute Gasteiger partial charge is 0.472 e. The number of aryl methyl sites for hydroxylation is 2. The van der Waals surface area contributed by atoms with Gasteiger partial charge in [0, 0.05) is 18.4 Å². The second-order valence-corrected chi connectivity index (χ2v) is 10.1. The van der Waals surface area contributed by atoms with Gasteiger partial charge in [0.15, 0.2) is 9.84 Å². The molecule has 0 saturated carbocycles. The predicted octanol–water partition coefficient (Wildman–Crippen LogP) is 5.41. The molecule has 0 spiro atoms. The molecule has 0 aliphatic heterocycles. The average Bonchev–Trinajstić information content (AvgIpc) is 3.16. The molecule has 1 aromatic heterocycles. The molecule has 0 aliphatic rings. The second kappa shape index (κ2) is 9.42. The summed E-state index contributed by atoms with van der Waals surface area (Å²) in [4.78, 5) is 13.4. The Kier molecular flexibility index (Phi) is 7.14. The number of nitrogens with zero attached hydrogens (tertiary/aromatic N) is 2. The third-order valence-corrected chi connectivity index (χ3v) is 7.06. The SMILES string of the molecule is CCn1ncc(C(=O)c2cc(C)c(S(C)(=O)=O)c(C)c2Cl)c1OCc1cccc(C(F)(F)F)c1. The summed E-state index contributed by atoms with van der Waals surface area (Å²) in [6, 6.07) is 6.09. The first kappa shape index (κ1) is 25.8. The Hall–Kier alpha value is -2.85. The monoisotopic (exact) mass is 514 g/mol. The average molecular weight is 515 g/mol. The van der Waals surface area contributed by atoms with Crippen LogP contribution in [0.3, 0.4) is 0 Å². The number of ketones is 1. The number of carbonyl (C=O) groups excluding carboxylic acids is 1. The van der Waals surface area contributed by atoms with E-state index in [4.69, 9.17) is 16.3 Å². The number of hydrogen-bond donors (Lipinski definition) is 0. The lowest BCUT2D eigenvalue weighted by atomic mass is 10.0. The van der Waals surface area contributed by atoms with Crippen LogP contribution in [0.1, 0.15) is 45.1 Å². The maximum absolute atomic E-state index is 13.4. The molecule has 1 heterocycles. The van der Waals surface area contributed by atoms with Crippen molar-refractivity contribution in [2.75, 3.05) is 6.26 Å². The van der Waals surface area contributed by atoms with E-state index in [1.54, 1.807) is 13.8 Å². The predicted molar refractivity (Wildman–Crippen MR) is 121 cm³/mol. The number of hydrogen-bond acceptors (Lipinski definition) is 5. The van der Waals surface area contributed by atoms with E-state index in [9.17, 15) is 26.4 Å². The number of halogens is 4. The third-order valence-electron chi connectivity index (χ3n) is 5.21. The molecule has 0 unspecified atom stereocenters. The van der Waals surface area contributed by atoms with Crippen molar-refractivity contribution in [3.05, 3.63) is 74.9 Å². The van der Waals surface area contributed by atoms with E-state index < -0.39 is 27.4 Å². The molecule has 0 atom stereocenters. The lowest BCUT2D eigenvalue weighted by Gasteiger charge is -2.15. The number of sulfone groups is 1. The fraction of sp³-hybridized carbons (Fsp3) is 0.304. The highest BCUT2D eigenvalue weighted by molar-refractivity contribution is 7.90. The van der Waals surface area contributed by atoms with E-state index >= 15 is 0 Å². The Morgan fingerprint density at radius 1 is 1.18 bits per heavy atom. The van der Waals surface area contributed by atoms with Crippen LogP contribution in [-0.4, -0.2) is 30.2 Å². The van der Waals surface area contributed by atoms with Gasteiger partial charge in [0.05, 0.1) is 21.7 Å². The van der Waals surface area contributed by atoms with E-state index in [0.29, 0.717) is 12.1 Å². The third kappa shape index (κ3) is 5.12. The summed E-state index contributed by atoms with van der Waals surface area (Å²) in [6.45, 7) is 4.96. The first-order chi connectivity index (χ1) is 15.8. The first-order valence-corrected chi connectivity index (χ1v) is 12.4. The van der Waals surface area contributed by atoms with Crippen molar-refractivity contribution in [1.82, 2.24) is 9.78 Å². The van der Waals surface area contributed by atoms with Crippen LogP contribution in [0.2, 0.25) is 5.02 Å². The van der Waals surface area contributed by atoms with E-state index in [1.807, 2.05) is 0 Å². The Morgan fingerprint density at radius 3 is 2.44 bits per heavy atom. The Bertz CT molecular complexity index is 1370. The summed E-state index contributed by atoms with van der Waals surface area (Å²) in [7, 11) is -3.57. The Labute approximate surface area is 200 Å². The minimum Gasteiger partial charge on any atom is -0.472 e. The summed E-state index contributed by atoms with van der Waals surface area (Å²) >= 11 is 6.39. The van der Waals surface area contributed by atoms with Crippen molar-refractivity contribution in [3.8, 4) is 5.88 Å². The van der Waals surface area contributed by atoms with Gasteiger partial charge in [0.1, 0.15) is 12.2 Å². The smallest absolute Gasteiger partial charge is 0.416 e. The summed E-state index contributed by atoms with van der Waals surface area (Å²) < 4.78 is 70.5. The lowest BCUT2D eigenvalue weighted by Crippen LogP contribution is -2.11. The van der Waals surface area contributed by atoms with Crippen LogP contribution >= 0.6 is 11.6 Å². The van der Waals surface area contributed by atoms with Crippen molar-refractivity contribution in [3.63, 3.8) is 0 Å². The van der Waals surface area contributed by atoms with Gasteiger partial charge in [-0.3, -0.25) is 4.79 Å². The molecule has 0 saturated heterocycles.